The largest absolute Gasteiger partial charge is 2.00 e. The molecule has 2 aromatic rings. The summed E-state index contributed by atoms with van der Waals surface area (Å²) in [7, 11) is 5.89. The van der Waals surface area contributed by atoms with E-state index < -0.39 is 97.4 Å². The van der Waals surface area contributed by atoms with Gasteiger partial charge in [-0.3, -0.25) is 28.8 Å². The SMILES string of the molecule is COC(=O)C(CSCCC(=O)OCCN(C)c1ccc(/C([S-])=C(/[S-])c2ccc(N(C)CCOC(=O)CCSCC(CC(C)C(=O)OCC(F)(F)C(F)F)C(=O)OC)cc2)cc1)CC(C)C(=O)OCC(F)(F)C(F)F.[Pt+2]. The average Bonchev–Trinajstić information content (AvgIpc) is 3.37. The summed E-state index contributed by atoms with van der Waals surface area (Å²) in [6.07, 6.45) is -8.31. The van der Waals surface area contributed by atoms with Crippen LogP contribution < -0.4 is 9.80 Å². The van der Waals surface area contributed by atoms with Gasteiger partial charge in [0, 0.05) is 48.5 Å². The number of nitrogens with zero attached hydrogens (tertiary/aromatic N) is 2. The van der Waals surface area contributed by atoms with E-state index in [4.69, 9.17) is 44.2 Å². The summed E-state index contributed by atoms with van der Waals surface area (Å²) in [4.78, 5) is 78.2. The van der Waals surface area contributed by atoms with Crippen molar-refractivity contribution in [3.8, 4) is 0 Å². The summed E-state index contributed by atoms with van der Waals surface area (Å²) in [5.74, 6) is -16.8. The Hall–Kier alpha value is -4.13. The van der Waals surface area contributed by atoms with Crippen LogP contribution in [0.25, 0.3) is 9.81 Å². The van der Waals surface area contributed by atoms with E-state index in [1.807, 2.05) is 72.4 Å². The minimum absolute atomic E-state index is 0. The van der Waals surface area contributed by atoms with Crippen LogP contribution in [-0.2, 0) is 104 Å². The monoisotopic (exact) mass is 1330 g/mol. The number of alkyl halides is 8. The van der Waals surface area contributed by atoms with E-state index in [9.17, 15) is 63.9 Å². The standard InChI is InChI=1S/C48H62F8N2O12S4.Pt/c1-29(41(61)69-27-47(53,54)45(49)50)23-33(43(63)65-5)25-73-21-15-37(59)67-19-17-57(3)35-11-7-31(8-12-35)39(71)40(72)32-9-13-36(14-10-32)58(4)18-20-68-38(60)16-22-74-26-34(44(64)66-6)24-30(2)42(62)70-28-48(55,56)46(51)52;/h7-14,29-30,33-34,45-46,71-72H,15-28H2,1-6H3;/q;+2/p-2/b40-39-;. The van der Waals surface area contributed by atoms with Gasteiger partial charge in [-0.05, 0) is 48.2 Å². The number of hydrogen-bond donors (Lipinski definition) is 0. The normalized spacial score (nSPS) is 13.5. The minimum Gasteiger partial charge on any atom is -0.781 e. The van der Waals surface area contributed by atoms with Crippen LogP contribution in [0.15, 0.2) is 48.5 Å². The van der Waals surface area contributed by atoms with Gasteiger partial charge in [0.1, 0.15) is 13.2 Å². The van der Waals surface area contributed by atoms with Crippen LogP contribution >= 0.6 is 23.5 Å². The molecule has 0 aliphatic heterocycles. The van der Waals surface area contributed by atoms with E-state index in [2.05, 4.69) is 9.47 Å². The maximum absolute atomic E-state index is 13.1. The van der Waals surface area contributed by atoms with Gasteiger partial charge in [-0.25, -0.2) is 17.6 Å². The number of anilines is 2. The number of benzene rings is 2. The van der Waals surface area contributed by atoms with Crippen LogP contribution in [-0.4, -0.2) is 151 Å². The summed E-state index contributed by atoms with van der Waals surface area (Å²) in [6, 6.07) is 14.7. The Kier molecular flexibility index (Phi) is 31.8. The van der Waals surface area contributed by atoms with Crippen molar-refractivity contribution in [3.63, 3.8) is 0 Å². The number of carbonyl (C=O) groups excluding carboxylic acids is 6. The first kappa shape index (κ1) is 68.9. The van der Waals surface area contributed by atoms with Crippen molar-refractivity contribution in [2.24, 2.45) is 23.7 Å². The molecule has 0 fully saturated rings. The third-order valence-electron chi connectivity index (χ3n) is 10.9. The maximum atomic E-state index is 13.1. The smallest absolute Gasteiger partial charge is 0.781 e. The molecule has 0 aliphatic carbocycles. The van der Waals surface area contributed by atoms with E-state index in [1.165, 1.54) is 37.4 Å². The number of likely N-dealkylation sites (N-methyl/N-ethyl adjacent to an activating group) is 2. The minimum atomic E-state index is -4.50. The molecule has 75 heavy (non-hydrogen) atoms. The van der Waals surface area contributed by atoms with Gasteiger partial charge in [-0.2, -0.15) is 50.9 Å². The van der Waals surface area contributed by atoms with E-state index in [-0.39, 0.29) is 83.0 Å². The van der Waals surface area contributed by atoms with E-state index in [0.29, 0.717) is 34.0 Å². The number of ether oxygens (including phenoxy) is 6. The summed E-state index contributed by atoms with van der Waals surface area (Å²) in [6.45, 7) is -0.116. The van der Waals surface area contributed by atoms with Crippen LogP contribution in [0.2, 0.25) is 0 Å². The second-order valence-electron chi connectivity index (χ2n) is 16.7. The summed E-state index contributed by atoms with van der Waals surface area (Å²) < 4.78 is 131. The van der Waals surface area contributed by atoms with Gasteiger partial charge in [0.2, 0.25) is 0 Å². The van der Waals surface area contributed by atoms with Crippen LogP contribution in [0, 0.1) is 23.7 Å². The van der Waals surface area contributed by atoms with Crippen molar-refractivity contribution < 1.29 is 113 Å². The molecule has 27 heteroatoms. The van der Waals surface area contributed by atoms with E-state index >= 15 is 0 Å². The predicted octanol–water partition coefficient (Wildman–Crippen LogP) is 8.33. The molecule has 0 aromatic heterocycles. The second-order valence-corrected chi connectivity index (χ2v) is 19.9. The van der Waals surface area contributed by atoms with Gasteiger partial charge >= 0.3 is 81.6 Å². The molecule has 0 bridgehead atoms. The zero-order chi connectivity index (χ0) is 55.8. The molecular weight excluding hydrogens is 1270 g/mol. The van der Waals surface area contributed by atoms with Gasteiger partial charge in [-0.1, -0.05) is 38.1 Å². The molecule has 0 saturated heterocycles. The van der Waals surface area contributed by atoms with Gasteiger partial charge in [0.25, 0.3) is 0 Å². The summed E-state index contributed by atoms with van der Waals surface area (Å²) >= 11 is 13.8. The van der Waals surface area contributed by atoms with Gasteiger partial charge in [0.05, 0.1) is 63.8 Å². The van der Waals surface area contributed by atoms with Crippen LogP contribution in [0.5, 0.6) is 0 Å². The zero-order valence-corrected chi connectivity index (χ0v) is 47.3. The fraction of sp³-hybridized carbons (Fsp3) is 0.583. The van der Waals surface area contributed by atoms with E-state index in [1.54, 1.807) is 0 Å². The molecule has 0 spiro atoms. The van der Waals surface area contributed by atoms with Crippen molar-refractivity contribution in [3.05, 3.63) is 59.7 Å². The van der Waals surface area contributed by atoms with Gasteiger partial charge in [-0.15, -0.1) is 0 Å². The number of carbonyl (C=O) groups is 6. The molecule has 0 radical (unpaired) electrons. The molecule has 2 rings (SSSR count). The summed E-state index contributed by atoms with van der Waals surface area (Å²) in [5.41, 5.74) is 3.04. The Morgan fingerprint density at radius 2 is 0.880 bits per heavy atom. The van der Waals surface area contributed by atoms with Crippen molar-refractivity contribution in [1.82, 2.24) is 0 Å². The number of rotatable bonds is 34. The Morgan fingerprint density at radius 1 is 0.560 bits per heavy atom. The molecule has 0 heterocycles. The van der Waals surface area contributed by atoms with Crippen LogP contribution in [0.1, 0.15) is 50.7 Å². The molecule has 4 unspecified atom stereocenters. The third kappa shape index (κ3) is 24.8. The van der Waals surface area contributed by atoms with Gasteiger partial charge < -0.3 is 63.5 Å². The van der Waals surface area contributed by atoms with Crippen molar-refractivity contribution in [1.29, 1.82) is 0 Å². The second kappa shape index (κ2) is 34.6. The Morgan fingerprint density at radius 3 is 1.17 bits per heavy atom. The van der Waals surface area contributed by atoms with Crippen molar-refractivity contribution in [2.45, 2.75) is 64.2 Å². The third-order valence-corrected chi connectivity index (χ3v) is 14.1. The van der Waals surface area contributed by atoms with Crippen LogP contribution in [0.3, 0.4) is 0 Å². The number of esters is 6. The Bertz CT molecular complexity index is 2010. The molecule has 424 valence electrons. The first-order valence-electron chi connectivity index (χ1n) is 22.7. The van der Waals surface area contributed by atoms with Crippen molar-refractivity contribution in [2.75, 3.05) is 101 Å². The maximum Gasteiger partial charge on any atom is 2.00 e. The number of methoxy groups -OCH3 is 2. The quantitative estimate of drug-likeness (QED) is 0.0164. The number of hydrogen-bond acceptors (Lipinski definition) is 18. The first-order valence-corrected chi connectivity index (χ1v) is 25.9. The molecule has 0 saturated carbocycles. The molecule has 0 amide bonds. The molecule has 14 nitrogen and oxygen atoms in total. The molecule has 4 atom stereocenters. The van der Waals surface area contributed by atoms with Gasteiger partial charge in [0.15, 0.2) is 13.2 Å². The fourth-order valence-electron chi connectivity index (χ4n) is 6.34. The molecular formula is C48H60F8N2O12PtS4. The van der Waals surface area contributed by atoms with Crippen LogP contribution in [0.4, 0.5) is 46.5 Å². The molecule has 0 aliphatic rings. The first-order chi connectivity index (χ1) is 34.7. The summed E-state index contributed by atoms with van der Waals surface area (Å²) in [5, 5.41) is 0. The molecule has 2 aromatic carbocycles. The fourth-order valence-corrected chi connectivity index (χ4v) is 8.92. The van der Waals surface area contributed by atoms with E-state index in [0.717, 1.165) is 25.6 Å². The number of thioether (sulfide) groups is 2. The number of halogens is 8. The predicted molar refractivity (Wildman–Crippen MR) is 269 cm³/mol. The average molecular weight is 1330 g/mol. The topological polar surface area (TPSA) is 164 Å². The molecule has 0 N–H and O–H groups in total. The Balaban J connectivity index is 0.0000281. The van der Waals surface area contributed by atoms with Crippen molar-refractivity contribution >= 4 is 106 Å². The zero-order valence-electron chi connectivity index (χ0n) is 41.7. The Labute approximate surface area is 464 Å².